The predicted octanol–water partition coefficient (Wildman–Crippen LogP) is 10.1. The minimum atomic E-state index is -4.56. The molecule has 0 saturated heterocycles. The highest BCUT2D eigenvalue weighted by atomic mass is 19.4. The van der Waals surface area contributed by atoms with E-state index >= 15 is 0 Å². The third-order valence-electron chi connectivity index (χ3n) is 7.28. The monoisotopic (exact) mass is 614 g/mol. The molecule has 240 valence electrons. The van der Waals surface area contributed by atoms with Crippen LogP contribution in [0.5, 0.6) is 11.8 Å². The first kappa shape index (κ1) is 35.0. The van der Waals surface area contributed by atoms with E-state index in [4.69, 9.17) is 14.2 Å². The van der Waals surface area contributed by atoms with E-state index in [0.29, 0.717) is 24.8 Å². The number of nitrogens with zero attached hydrogens (tertiary/aromatic N) is 2. The fourth-order valence-electron chi connectivity index (χ4n) is 4.72. The number of alkyl halides is 3. The summed E-state index contributed by atoms with van der Waals surface area (Å²) < 4.78 is 57.1. The first-order chi connectivity index (χ1) is 21.3. The summed E-state index contributed by atoms with van der Waals surface area (Å²) in [5.41, 5.74) is 1.69. The van der Waals surface area contributed by atoms with Crippen LogP contribution in [-0.2, 0) is 4.74 Å². The van der Waals surface area contributed by atoms with Crippen molar-refractivity contribution in [1.29, 1.82) is 0 Å². The Hall–Kier alpha value is -3.46. The molecule has 0 aliphatic carbocycles. The van der Waals surface area contributed by atoms with Crippen LogP contribution in [-0.4, -0.2) is 35.3 Å². The van der Waals surface area contributed by atoms with Gasteiger partial charge in [-0.3, -0.25) is 0 Å². The Morgan fingerprint density at radius 2 is 1.25 bits per heavy atom. The van der Waals surface area contributed by atoms with E-state index in [-0.39, 0.29) is 17.7 Å². The largest absolute Gasteiger partial charge is 0.463 e. The maximum absolute atomic E-state index is 13.6. The fourth-order valence-corrected chi connectivity index (χ4v) is 4.72. The molecular weight excluding hydrogens is 569 g/mol. The van der Waals surface area contributed by atoms with Gasteiger partial charge in [0.2, 0.25) is 0 Å². The minimum Gasteiger partial charge on any atom is -0.463 e. The van der Waals surface area contributed by atoms with Gasteiger partial charge in [-0.2, -0.15) is 13.2 Å². The molecule has 0 aliphatic rings. The summed E-state index contributed by atoms with van der Waals surface area (Å²) in [6, 6.07) is 12.3. The van der Waals surface area contributed by atoms with Gasteiger partial charge in [0.05, 0.1) is 12.2 Å². The van der Waals surface area contributed by atoms with Crippen LogP contribution in [0.1, 0.15) is 113 Å². The molecule has 0 saturated carbocycles. The molecule has 1 unspecified atom stereocenters. The first-order valence-corrected chi connectivity index (χ1v) is 15.9. The second-order valence-corrected chi connectivity index (χ2v) is 11.0. The fraction of sp³-hybridized carbons (Fsp3) is 0.514. The van der Waals surface area contributed by atoms with E-state index in [1.807, 2.05) is 6.92 Å². The molecule has 0 aliphatic heterocycles. The van der Waals surface area contributed by atoms with Crippen molar-refractivity contribution in [3.63, 3.8) is 0 Å². The van der Waals surface area contributed by atoms with Gasteiger partial charge in [0, 0.05) is 24.6 Å². The molecule has 0 radical (unpaired) electrons. The maximum Gasteiger partial charge on any atom is 0.418 e. The van der Waals surface area contributed by atoms with Gasteiger partial charge < -0.3 is 14.2 Å². The molecule has 3 rings (SSSR count). The van der Waals surface area contributed by atoms with Crippen molar-refractivity contribution in [1.82, 2.24) is 9.97 Å². The summed E-state index contributed by atoms with van der Waals surface area (Å²) >= 11 is 0. The lowest BCUT2D eigenvalue weighted by Crippen LogP contribution is -2.24. The van der Waals surface area contributed by atoms with Gasteiger partial charge in [-0.1, -0.05) is 102 Å². The molecular formula is C35H45F3N2O4. The van der Waals surface area contributed by atoms with Crippen molar-refractivity contribution >= 4 is 5.97 Å². The van der Waals surface area contributed by atoms with E-state index in [0.717, 1.165) is 43.2 Å². The lowest BCUT2D eigenvalue weighted by atomic mass is 10.1. The normalized spacial score (nSPS) is 12.2. The minimum absolute atomic E-state index is 0.0212. The topological polar surface area (TPSA) is 70.5 Å². The number of carbonyl (C=O) groups is 1. The molecule has 1 atom stereocenters. The SMILES string of the molecule is CCCCCCCCCCOc1ncc(-c2ccc(OC(=O)c3ccc(C(OCCCCCC)C(F)(F)F)cc3)cc2)cn1. The summed E-state index contributed by atoms with van der Waals surface area (Å²) in [4.78, 5) is 21.2. The summed E-state index contributed by atoms with van der Waals surface area (Å²) in [6.07, 6.45) is 9.92. The Bertz CT molecular complexity index is 1220. The van der Waals surface area contributed by atoms with Crippen LogP contribution in [0, 0.1) is 0 Å². The van der Waals surface area contributed by atoms with E-state index in [1.165, 1.54) is 62.8 Å². The summed E-state index contributed by atoms with van der Waals surface area (Å²) in [7, 11) is 0. The lowest BCUT2D eigenvalue weighted by Gasteiger charge is -2.21. The molecule has 0 amide bonds. The molecule has 0 bridgehead atoms. The zero-order valence-corrected chi connectivity index (χ0v) is 25.9. The Labute approximate surface area is 259 Å². The van der Waals surface area contributed by atoms with Crippen LogP contribution in [0.3, 0.4) is 0 Å². The quantitative estimate of drug-likeness (QED) is 0.0717. The highest BCUT2D eigenvalue weighted by Crippen LogP contribution is 2.36. The number of esters is 1. The van der Waals surface area contributed by atoms with E-state index in [9.17, 15) is 18.0 Å². The van der Waals surface area contributed by atoms with Crippen molar-refractivity contribution < 1.29 is 32.2 Å². The summed E-state index contributed by atoms with van der Waals surface area (Å²) in [5.74, 6) is -0.368. The molecule has 6 nitrogen and oxygen atoms in total. The molecule has 1 heterocycles. The summed E-state index contributed by atoms with van der Waals surface area (Å²) in [5, 5.41) is 0. The van der Waals surface area contributed by atoms with Crippen molar-refractivity contribution in [2.45, 2.75) is 103 Å². The number of ether oxygens (including phenoxy) is 3. The Kier molecular flexibility index (Phi) is 15.2. The molecule has 9 heteroatoms. The maximum atomic E-state index is 13.6. The van der Waals surface area contributed by atoms with Crippen LogP contribution >= 0.6 is 0 Å². The predicted molar refractivity (Wildman–Crippen MR) is 166 cm³/mol. The van der Waals surface area contributed by atoms with Gasteiger partial charge in [0.1, 0.15) is 5.75 Å². The molecule has 0 fully saturated rings. The van der Waals surface area contributed by atoms with Crippen molar-refractivity contribution in [3.8, 4) is 22.9 Å². The van der Waals surface area contributed by atoms with Crippen LogP contribution in [0.25, 0.3) is 11.1 Å². The standard InChI is InChI=1S/C35H45F3N2O4/c1-3-5-7-9-10-11-12-14-24-43-34-39-25-30(26-40-34)27-19-21-31(22-20-27)44-33(41)29-17-15-28(16-18-29)32(35(36,37)38)42-23-13-8-6-4-2/h15-22,25-26,32H,3-14,23-24H2,1-2H3. The Morgan fingerprint density at radius 3 is 1.84 bits per heavy atom. The summed E-state index contributed by atoms with van der Waals surface area (Å²) in [6.45, 7) is 4.87. The number of rotatable bonds is 20. The van der Waals surface area contributed by atoms with Gasteiger partial charge in [-0.15, -0.1) is 0 Å². The molecule has 0 spiro atoms. The molecule has 0 N–H and O–H groups in total. The third kappa shape index (κ3) is 12.3. The highest BCUT2D eigenvalue weighted by molar-refractivity contribution is 5.91. The number of hydrogen-bond donors (Lipinski definition) is 0. The average Bonchev–Trinajstić information content (AvgIpc) is 3.02. The van der Waals surface area contributed by atoms with Crippen LogP contribution in [0.4, 0.5) is 13.2 Å². The first-order valence-electron chi connectivity index (χ1n) is 15.9. The van der Waals surface area contributed by atoms with Crippen molar-refractivity contribution in [2.24, 2.45) is 0 Å². The van der Waals surface area contributed by atoms with Gasteiger partial charge in [0.25, 0.3) is 0 Å². The van der Waals surface area contributed by atoms with Crippen LogP contribution in [0.2, 0.25) is 0 Å². The van der Waals surface area contributed by atoms with Gasteiger partial charge in [0.15, 0.2) is 6.10 Å². The Balaban J connectivity index is 1.46. The zero-order valence-electron chi connectivity index (χ0n) is 25.9. The number of aromatic nitrogens is 2. The lowest BCUT2D eigenvalue weighted by molar-refractivity contribution is -0.224. The van der Waals surface area contributed by atoms with Gasteiger partial charge in [-0.05, 0) is 48.2 Å². The molecule has 2 aromatic carbocycles. The molecule has 44 heavy (non-hydrogen) atoms. The highest BCUT2D eigenvalue weighted by Gasteiger charge is 2.41. The number of unbranched alkanes of at least 4 members (excludes halogenated alkanes) is 10. The van der Waals surface area contributed by atoms with E-state index < -0.39 is 18.2 Å². The van der Waals surface area contributed by atoms with E-state index in [1.54, 1.807) is 36.7 Å². The second kappa shape index (κ2) is 19.0. The zero-order chi connectivity index (χ0) is 31.6. The van der Waals surface area contributed by atoms with Crippen molar-refractivity contribution in [3.05, 3.63) is 72.1 Å². The Morgan fingerprint density at radius 1 is 0.705 bits per heavy atom. The van der Waals surface area contributed by atoms with Crippen LogP contribution in [0.15, 0.2) is 60.9 Å². The third-order valence-corrected chi connectivity index (χ3v) is 7.28. The van der Waals surface area contributed by atoms with Gasteiger partial charge in [-0.25, -0.2) is 14.8 Å². The number of benzene rings is 2. The molecule has 3 aromatic rings. The van der Waals surface area contributed by atoms with E-state index in [2.05, 4.69) is 16.9 Å². The second-order valence-electron chi connectivity index (χ2n) is 11.0. The van der Waals surface area contributed by atoms with Gasteiger partial charge >= 0.3 is 18.2 Å². The van der Waals surface area contributed by atoms with Crippen molar-refractivity contribution in [2.75, 3.05) is 13.2 Å². The smallest absolute Gasteiger partial charge is 0.418 e. The number of carbonyl (C=O) groups excluding carboxylic acids is 1. The van der Waals surface area contributed by atoms with Crippen LogP contribution < -0.4 is 9.47 Å². The number of halogens is 3. The average molecular weight is 615 g/mol. The molecule has 1 aromatic heterocycles. The number of hydrogen-bond acceptors (Lipinski definition) is 6.